The number of nitrogens with one attached hydrogen (secondary N) is 2. The first-order chi connectivity index (χ1) is 12.7. The molecule has 7 nitrogen and oxygen atoms in total. The second kappa shape index (κ2) is 7.01. The number of hydrogen-bond donors (Lipinski definition) is 2. The summed E-state index contributed by atoms with van der Waals surface area (Å²) in [7, 11) is -7.85. The Morgan fingerprint density at radius 2 is 1.41 bits per heavy atom. The molecule has 0 aliphatic rings. The van der Waals surface area contributed by atoms with Crippen LogP contribution in [0.1, 0.15) is 6.92 Å². The molecule has 0 atom stereocenters. The van der Waals surface area contributed by atoms with Crippen molar-refractivity contribution in [2.24, 2.45) is 0 Å². The van der Waals surface area contributed by atoms with E-state index in [1.165, 1.54) is 30.3 Å². The number of fused-ring (bicyclic) bond motifs is 1. The lowest BCUT2D eigenvalue weighted by Gasteiger charge is -2.11. The van der Waals surface area contributed by atoms with E-state index in [2.05, 4.69) is 4.72 Å². The summed E-state index contributed by atoms with van der Waals surface area (Å²) in [5.74, 6) is -0.712. The molecule has 3 rings (SSSR count). The molecule has 0 saturated heterocycles. The van der Waals surface area contributed by atoms with Crippen LogP contribution in [0.3, 0.4) is 0 Å². The van der Waals surface area contributed by atoms with Crippen LogP contribution in [0.15, 0.2) is 76.5 Å². The third-order valence-electron chi connectivity index (χ3n) is 3.73. The number of hydrogen-bond acceptors (Lipinski definition) is 5. The normalized spacial score (nSPS) is 11.9. The van der Waals surface area contributed by atoms with Crippen LogP contribution in [0, 0.1) is 0 Å². The maximum Gasteiger partial charge on any atom is 0.264 e. The number of carbonyl (C=O) groups is 1. The van der Waals surface area contributed by atoms with Crippen LogP contribution in [0.4, 0.5) is 5.69 Å². The zero-order chi connectivity index (χ0) is 19.7. The molecular formula is C18H16N2O5S2. The Bertz CT molecular complexity index is 1210. The minimum absolute atomic E-state index is 0.121. The Balaban J connectivity index is 1.91. The van der Waals surface area contributed by atoms with Crippen LogP contribution < -0.4 is 9.44 Å². The second-order valence-corrected chi connectivity index (χ2v) is 9.10. The smallest absolute Gasteiger partial charge is 0.264 e. The summed E-state index contributed by atoms with van der Waals surface area (Å²) >= 11 is 0. The van der Waals surface area contributed by atoms with Crippen molar-refractivity contribution in [2.45, 2.75) is 16.7 Å². The Kier molecular flexibility index (Phi) is 4.90. The lowest BCUT2D eigenvalue weighted by Crippen LogP contribution is -2.28. The first-order valence-corrected chi connectivity index (χ1v) is 10.8. The zero-order valence-electron chi connectivity index (χ0n) is 14.2. The average Bonchev–Trinajstić information content (AvgIpc) is 2.60. The Hall–Kier alpha value is -2.91. The number of sulfonamides is 2. The van der Waals surface area contributed by atoms with Crippen LogP contribution in [-0.2, 0) is 24.8 Å². The predicted molar refractivity (Wildman–Crippen MR) is 102 cm³/mol. The Morgan fingerprint density at radius 1 is 0.778 bits per heavy atom. The van der Waals surface area contributed by atoms with Crippen LogP contribution in [0.25, 0.3) is 10.8 Å². The van der Waals surface area contributed by atoms with E-state index in [0.717, 1.165) is 12.3 Å². The van der Waals surface area contributed by atoms with E-state index in [1.807, 2.05) is 22.9 Å². The van der Waals surface area contributed by atoms with Crippen LogP contribution in [0.5, 0.6) is 0 Å². The molecule has 0 fully saturated rings. The monoisotopic (exact) mass is 404 g/mol. The molecule has 9 heteroatoms. The van der Waals surface area contributed by atoms with Gasteiger partial charge in [-0.05, 0) is 35.7 Å². The van der Waals surface area contributed by atoms with Crippen molar-refractivity contribution in [3.05, 3.63) is 66.7 Å². The minimum Gasteiger partial charge on any atom is -0.280 e. The van der Waals surface area contributed by atoms with Gasteiger partial charge in [0.25, 0.3) is 20.0 Å². The fourth-order valence-corrected chi connectivity index (χ4v) is 4.87. The van der Waals surface area contributed by atoms with Gasteiger partial charge in [-0.25, -0.2) is 21.6 Å². The summed E-state index contributed by atoms with van der Waals surface area (Å²) < 4.78 is 53.7. The summed E-state index contributed by atoms with van der Waals surface area (Å²) in [6.45, 7) is 1.09. The van der Waals surface area contributed by atoms with E-state index in [1.54, 1.807) is 18.2 Å². The van der Waals surface area contributed by atoms with Gasteiger partial charge in [0, 0.05) is 18.0 Å². The fraction of sp³-hybridized carbons (Fsp3) is 0.0556. The Labute approximate surface area is 157 Å². The molecule has 27 heavy (non-hydrogen) atoms. The Morgan fingerprint density at radius 3 is 2.07 bits per heavy atom. The van der Waals surface area contributed by atoms with Gasteiger partial charge in [0.15, 0.2) is 0 Å². The SMILES string of the molecule is CC(=O)NS(=O)(=O)c1ccc(NS(=O)(=O)c2cccc3ccccc23)cc1. The molecule has 0 heterocycles. The van der Waals surface area contributed by atoms with E-state index < -0.39 is 26.0 Å². The number of anilines is 1. The van der Waals surface area contributed by atoms with Gasteiger partial charge < -0.3 is 0 Å². The average molecular weight is 404 g/mol. The van der Waals surface area contributed by atoms with Gasteiger partial charge in [0.05, 0.1) is 9.79 Å². The zero-order valence-corrected chi connectivity index (χ0v) is 15.8. The third-order valence-corrected chi connectivity index (χ3v) is 6.62. The second-order valence-electron chi connectivity index (χ2n) is 5.77. The molecule has 0 saturated carbocycles. The highest BCUT2D eigenvalue weighted by molar-refractivity contribution is 7.93. The molecule has 0 aromatic heterocycles. The van der Waals surface area contributed by atoms with Gasteiger partial charge in [-0.1, -0.05) is 36.4 Å². The van der Waals surface area contributed by atoms with E-state index in [9.17, 15) is 21.6 Å². The highest BCUT2D eigenvalue weighted by Crippen LogP contribution is 2.25. The summed E-state index contributed by atoms with van der Waals surface area (Å²) in [5, 5.41) is 1.37. The lowest BCUT2D eigenvalue weighted by molar-refractivity contribution is -0.117. The van der Waals surface area contributed by atoms with Crippen LogP contribution in [0.2, 0.25) is 0 Å². The van der Waals surface area contributed by atoms with E-state index >= 15 is 0 Å². The van der Waals surface area contributed by atoms with Crippen molar-refractivity contribution >= 4 is 42.4 Å². The van der Waals surface area contributed by atoms with Gasteiger partial charge in [0.2, 0.25) is 5.91 Å². The van der Waals surface area contributed by atoms with Crippen molar-refractivity contribution in [3.8, 4) is 0 Å². The van der Waals surface area contributed by atoms with Crippen LogP contribution >= 0.6 is 0 Å². The highest BCUT2D eigenvalue weighted by Gasteiger charge is 2.19. The maximum absolute atomic E-state index is 12.8. The fourth-order valence-electron chi connectivity index (χ4n) is 2.59. The standard InChI is InChI=1S/C18H16N2O5S2/c1-13(21)19-26(22,23)16-11-9-15(10-12-16)20-27(24,25)18-8-4-6-14-5-2-3-7-17(14)18/h2-12,20H,1H3,(H,19,21). The largest absolute Gasteiger partial charge is 0.280 e. The summed E-state index contributed by atoms with van der Waals surface area (Å²) in [4.78, 5) is 10.9. The third kappa shape index (κ3) is 4.09. The van der Waals surface area contributed by atoms with Crippen LogP contribution in [-0.4, -0.2) is 22.7 Å². The minimum atomic E-state index is -3.98. The number of benzene rings is 3. The molecule has 0 aliphatic heterocycles. The molecule has 0 aliphatic carbocycles. The van der Waals surface area contributed by atoms with Crippen molar-refractivity contribution in [3.63, 3.8) is 0 Å². The molecule has 0 bridgehead atoms. The summed E-state index contributed by atoms with van der Waals surface area (Å²) in [6, 6.07) is 17.1. The van der Waals surface area contributed by atoms with Gasteiger partial charge in [0.1, 0.15) is 0 Å². The molecule has 3 aromatic carbocycles. The number of carbonyl (C=O) groups excluding carboxylic acids is 1. The van der Waals surface area contributed by atoms with Gasteiger partial charge in [-0.2, -0.15) is 0 Å². The molecule has 1 amide bonds. The van der Waals surface area contributed by atoms with Gasteiger partial charge in [-0.3, -0.25) is 9.52 Å². The number of rotatable bonds is 5. The first kappa shape index (κ1) is 18.9. The molecule has 0 unspecified atom stereocenters. The lowest BCUT2D eigenvalue weighted by atomic mass is 10.1. The maximum atomic E-state index is 12.8. The molecule has 0 radical (unpaired) electrons. The molecule has 140 valence electrons. The topological polar surface area (TPSA) is 109 Å². The predicted octanol–water partition coefficient (Wildman–Crippen LogP) is 2.47. The van der Waals surface area contributed by atoms with E-state index in [0.29, 0.717) is 5.39 Å². The molecule has 2 N–H and O–H groups in total. The van der Waals surface area contributed by atoms with Crippen molar-refractivity contribution < 1.29 is 21.6 Å². The molecule has 0 spiro atoms. The summed E-state index contributed by atoms with van der Waals surface area (Å²) in [5.41, 5.74) is 0.199. The van der Waals surface area contributed by atoms with E-state index in [4.69, 9.17) is 0 Å². The van der Waals surface area contributed by atoms with Crippen molar-refractivity contribution in [2.75, 3.05) is 4.72 Å². The first-order valence-electron chi connectivity index (χ1n) is 7.83. The van der Waals surface area contributed by atoms with Crippen molar-refractivity contribution in [1.82, 2.24) is 4.72 Å². The van der Waals surface area contributed by atoms with Gasteiger partial charge in [-0.15, -0.1) is 0 Å². The van der Waals surface area contributed by atoms with E-state index in [-0.39, 0.29) is 15.5 Å². The van der Waals surface area contributed by atoms with Crippen molar-refractivity contribution in [1.29, 1.82) is 0 Å². The molecular weight excluding hydrogens is 388 g/mol. The van der Waals surface area contributed by atoms with Gasteiger partial charge >= 0.3 is 0 Å². The highest BCUT2D eigenvalue weighted by atomic mass is 32.2. The molecule has 3 aromatic rings. The summed E-state index contributed by atoms with van der Waals surface area (Å²) in [6.07, 6.45) is 0. The number of amides is 1. The quantitative estimate of drug-likeness (QED) is 0.679.